The number of benzene rings is 2. The summed E-state index contributed by atoms with van der Waals surface area (Å²) in [5.41, 5.74) is 2.24. The van der Waals surface area contributed by atoms with E-state index in [0.717, 1.165) is 11.3 Å². The average Bonchev–Trinajstić information content (AvgIpc) is 2.90. The number of aromatic nitrogens is 1. The maximum atomic E-state index is 13.1. The molecule has 1 atom stereocenters. The Hall–Kier alpha value is -3.21. The Labute approximate surface area is 138 Å². The third kappa shape index (κ3) is 2.40. The molecule has 1 amide bonds. The molecule has 5 heteroatoms. The van der Waals surface area contributed by atoms with Crippen molar-refractivity contribution in [2.45, 2.75) is 6.17 Å². The van der Waals surface area contributed by atoms with Crippen LogP contribution in [0, 0.1) is 5.82 Å². The van der Waals surface area contributed by atoms with Gasteiger partial charge in [0, 0.05) is 23.0 Å². The molecule has 0 saturated heterocycles. The van der Waals surface area contributed by atoms with Gasteiger partial charge in [-0.1, -0.05) is 24.3 Å². The third-order valence-corrected chi connectivity index (χ3v) is 4.01. The number of rotatable bonds is 3. The van der Waals surface area contributed by atoms with Crippen LogP contribution in [-0.4, -0.2) is 10.9 Å². The zero-order valence-electron chi connectivity index (χ0n) is 12.7. The molecule has 0 radical (unpaired) electrons. The minimum Gasteiger partial charge on any atom is -0.361 e. The fourth-order valence-electron chi connectivity index (χ4n) is 2.90. The zero-order valence-corrected chi connectivity index (χ0v) is 12.7. The standard InChI is InChI=1S/C19H14FN3O/c20-13-8-10-14(11-9-13)22-18-15-5-1-2-6-16(15)19(24)23(18)17-7-3-4-12-21-17/h1-12,18,22H. The second kappa shape index (κ2) is 5.77. The van der Waals surface area contributed by atoms with Crippen LogP contribution in [0.5, 0.6) is 0 Å². The number of anilines is 2. The lowest BCUT2D eigenvalue weighted by Gasteiger charge is -2.26. The molecule has 0 aliphatic carbocycles. The van der Waals surface area contributed by atoms with Crippen molar-refractivity contribution in [2.75, 3.05) is 10.2 Å². The first-order valence-electron chi connectivity index (χ1n) is 7.60. The summed E-state index contributed by atoms with van der Waals surface area (Å²) in [4.78, 5) is 18.8. The SMILES string of the molecule is O=C1c2ccccc2C(Nc2ccc(F)cc2)N1c1ccccn1. The Morgan fingerprint density at radius 3 is 2.46 bits per heavy atom. The first-order chi connectivity index (χ1) is 11.7. The van der Waals surface area contributed by atoms with Crippen LogP contribution in [0.15, 0.2) is 72.9 Å². The van der Waals surface area contributed by atoms with E-state index in [1.807, 2.05) is 24.3 Å². The molecule has 4 rings (SSSR count). The van der Waals surface area contributed by atoms with Crippen LogP contribution in [-0.2, 0) is 0 Å². The zero-order chi connectivity index (χ0) is 16.5. The molecule has 0 bridgehead atoms. The van der Waals surface area contributed by atoms with Crippen LogP contribution in [0.1, 0.15) is 22.1 Å². The van der Waals surface area contributed by atoms with Crippen molar-refractivity contribution >= 4 is 17.4 Å². The molecule has 118 valence electrons. The smallest absolute Gasteiger partial charge is 0.261 e. The molecule has 3 aromatic rings. The number of carbonyl (C=O) groups is 1. The van der Waals surface area contributed by atoms with Crippen LogP contribution in [0.3, 0.4) is 0 Å². The Bertz CT molecular complexity index is 881. The number of carbonyl (C=O) groups excluding carboxylic acids is 1. The van der Waals surface area contributed by atoms with Crippen molar-refractivity contribution in [2.24, 2.45) is 0 Å². The monoisotopic (exact) mass is 319 g/mol. The summed E-state index contributed by atoms with van der Waals surface area (Å²) in [5.74, 6) is 0.159. The molecular formula is C19H14FN3O. The quantitative estimate of drug-likeness (QED) is 0.794. The molecule has 4 nitrogen and oxygen atoms in total. The van der Waals surface area contributed by atoms with Crippen LogP contribution < -0.4 is 10.2 Å². The van der Waals surface area contributed by atoms with Gasteiger partial charge in [0.25, 0.3) is 5.91 Å². The van der Waals surface area contributed by atoms with E-state index >= 15 is 0 Å². The van der Waals surface area contributed by atoms with Crippen molar-refractivity contribution in [3.8, 4) is 0 Å². The molecule has 1 aliphatic heterocycles. The number of hydrogen-bond acceptors (Lipinski definition) is 3. The van der Waals surface area contributed by atoms with Crippen molar-refractivity contribution in [3.63, 3.8) is 0 Å². The lowest BCUT2D eigenvalue weighted by molar-refractivity contribution is 0.0992. The van der Waals surface area contributed by atoms with Gasteiger partial charge < -0.3 is 5.32 Å². The van der Waals surface area contributed by atoms with E-state index in [-0.39, 0.29) is 11.7 Å². The number of fused-ring (bicyclic) bond motifs is 1. The summed E-state index contributed by atoms with van der Waals surface area (Å²) in [6.45, 7) is 0. The number of halogens is 1. The largest absolute Gasteiger partial charge is 0.361 e. The van der Waals surface area contributed by atoms with Gasteiger partial charge >= 0.3 is 0 Å². The fraction of sp³-hybridized carbons (Fsp3) is 0.0526. The van der Waals surface area contributed by atoms with Gasteiger partial charge in [-0.2, -0.15) is 0 Å². The van der Waals surface area contributed by atoms with Crippen LogP contribution in [0.2, 0.25) is 0 Å². The van der Waals surface area contributed by atoms with E-state index < -0.39 is 6.17 Å². The minimum atomic E-state index is -0.394. The van der Waals surface area contributed by atoms with E-state index in [0.29, 0.717) is 11.4 Å². The van der Waals surface area contributed by atoms with Gasteiger partial charge in [-0.05, 0) is 42.5 Å². The first kappa shape index (κ1) is 14.4. The number of nitrogens with one attached hydrogen (secondary N) is 1. The van der Waals surface area contributed by atoms with Crippen molar-refractivity contribution in [1.29, 1.82) is 0 Å². The van der Waals surface area contributed by atoms with Gasteiger partial charge in [0.1, 0.15) is 17.8 Å². The van der Waals surface area contributed by atoms with Gasteiger partial charge in [-0.3, -0.25) is 9.69 Å². The second-order valence-corrected chi connectivity index (χ2v) is 5.50. The molecule has 1 N–H and O–H groups in total. The molecule has 0 spiro atoms. The topological polar surface area (TPSA) is 45.2 Å². The van der Waals surface area contributed by atoms with E-state index in [2.05, 4.69) is 10.3 Å². The summed E-state index contributed by atoms with van der Waals surface area (Å²) in [6.07, 6.45) is 1.26. The molecule has 0 saturated carbocycles. The van der Waals surface area contributed by atoms with Gasteiger partial charge in [-0.15, -0.1) is 0 Å². The molecule has 0 fully saturated rings. The minimum absolute atomic E-state index is 0.107. The normalized spacial score (nSPS) is 16.1. The van der Waals surface area contributed by atoms with Gasteiger partial charge in [0.2, 0.25) is 0 Å². The molecule has 1 unspecified atom stereocenters. The Morgan fingerprint density at radius 1 is 0.958 bits per heavy atom. The lowest BCUT2D eigenvalue weighted by atomic mass is 10.1. The number of hydrogen-bond donors (Lipinski definition) is 1. The highest BCUT2D eigenvalue weighted by atomic mass is 19.1. The molecule has 1 aromatic heterocycles. The summed E-state index contributed by atoms with van der Waals surface area (Å²) in [6, 6.07) is 19.0. The number of nitrogens with zero attached hydrogens (tertiary/aromatic N) is 2. The Kier molecular flexibility index (Phi) is 3.46. The second-order valence-electron chi connectivity index (χ2n) is 5.50. The predicted octanol–water partition coefficient (Wildman–Crippen LogP) is 3.99. The van der Waals surface area contributed by atoms with E-state index in [9.17, 15) is 9.18 Å². The highest BCUT2D eigenvalue weighted by Gasteiger charge is 2.38. The summed E-state index contributed by atoms with van der Waals surface area (Å²) in [5, 5.41) is 3.30. The van der Waals surface area contributed by atoms with E-state index in [1.165, 1.54) is 12.1 Å². The van der Waals surface area contributed by atoms with Crippen molar-refractivity contribution < 1.29 is 9.18 Å². The Morgan fingerprint density at radius 2 is 1.71 bits per heavy atom. The summed E-state index contributed by atoms with van der Waals surface area (Å²) < 4.78 is 13.1. The number of amides is 1. The van der Waals surface area contributed by atoms with Gasteiger partial charge in [0.15, 0.2) is 0 Å². The number of pyridine rings is 1. The molecular weight excluding hydrogens is 305 g/mol. The lowest BCUT2D eigenvalue weighted by Crippen LogP contribution is -2.32. The van der Waals surface area contributed by atoms with Crippen LogP contribution in [0.25, 0.3) is 0 Å². The maximum Gasteiger partial charge on any atom is 0.261 e. The molecule has 2 heterocycles. The van der Waals surface area contributed by atoms with Crippen molar-refractivity contribution in [3.05, 3.63) is 89.9 Å². The highest BCUT2D eigenvalue weighted by molar-refractivity contribution is 6.10. The average molecular weight is 319 g/mol. The summed E-state index contributed by atoms with van der Waals surface area (Å²) in [7, 11) is 0. The predicted molar refractivity (Wildman–Crippen MR) is 90.3 cm³/mol. The fourth-order valence-corrected chi connectivity index (χ4v) is 2.90. The molecule has 1 aliphatic rings. The highest BCUT2D eigenvalue weighted by Crippen LogP contribution is 2.36. The van der Waals surface area contributed by atoms with Gasteiger partial charge in [-0.25, -0.2) is 9.37 Å². The van der Waals surface area contributed by atoms with E-state index in [4.69, 9.17) is 0 Å². The van der Waals surface area contributed by atoms with Crippen LogP contribution >= 0.6 is 0 Å². The summed E-state index contributed by atoms with van der Waals surface area (Å²) >= 11 is 0. The van der Waals surface area contributed by atoms with Crippen LogP contribution in [0.4, 0.5) is 15.9 Å². The molecule has 24 heavy (non-hydrogen) atoms. The third-order valence-electron chi connectivity index (χ3n) is 4.01. The maximum absolute atomic E-state index is 13.1. The Balaban J connectivity index is 1.77. The van der Waals surface area contributed by atoms with E-state index in [1.54, 1.807) is 41.4 Å². The molecule has 2 aromatic carbocycles. The first-order valence-corrected chi connectivity index (χ1v) is 7.60. The van der Waals surface area contributed by atoms with Gasteiger partial charge in [0.05, 0.1) is 0 Å². The van der Waals surface area contributed by atoms with Crippen molar-refractivity contribution in [1.82, 2.24) is 4.98 Å².